The van der Waals surface area contributed by atoms with E-state index in [1.807, 2.05) is 30.3 Å². The second kappa shape index (κ2) is 6.41. The summed E-state index contributed by atoms with van der Waals surface area (Å²) in [7, 11) is 0. The molecule has 0 bridgehead atoms. The van der Waals surface area contributed by atoms with Crippen molar-refractivity contribution in [1.82, 2.24) is 10.6 Å². The van der Waals surface area contributed by atoms with Crippen molar-refractivity contribution in [2.45, 2.75) is 38.3 Å². The van der Waals surface area contributed by atoms with Crippen molar-refractivity contribution in [1.29, 1.82) is 0 Å². The Morgan fingerprint density at radius 2 is 1.95 bits per heavy atom. The minimum atomic E-state index is -1.02. The lowest BCUT2D eigenvalue weighted by Gasteiger charge is -2.33. The quantitative estimate of drug-likeness (QED) is 0.767. The minimum absolute atomic E-state index is 0.177. The molecule has 20 heavy (non-hydrogen) atoms. The normalized spacial score (nSPS) is 22.4. The van der Waals surface area contributed by atoms with Crippen LogP contribution < -0.4 is 10.6 Å². The number of hydrogen-bond acceptors (Lipinski definition) is 2. The molecule has 2 rings (SSSR count). The molecule has 0 heterocycles. The molecule has 1 aromatic carbocycles. The van der Waals surface area contributed by atoms with Gasteiger partial charge in [-0.05, 0) is 24.3 Å². The average molecular weight is 276 g/mol. The van der Waals surface area contributed by atoms with E-state index < -0.39 is 18.0 Å². The summed E-state index contributed by atoms with van der Waals surface area (Å²) in [5.41, 5.74) is 0.887. The molecule has 1 aromatic rings. The van der Waals surface area contributed by atoms with Gasteiger partial charge in [0.2, 0.25) is 0 Å². The van der Waals surface area contributed by atoms with Crippen LogP contribution >= 0.6 is 0 Å². The van der Waals surface area contributed by atoms with Crippen LogP contribution in [0.25, 0.3) is 0 Å². The largest absolute Gasteiger partial charge is 0.480 e. The average Bonchev–Trinajstić information content (AvgIpc) is 2.37. The first-order valence-corrected chi connectivity index (χ1v) is 6.88. The van der Waals surface area contributed by atoms with E-state index in [-0.39, 0.29) is 12.5 Å². The van der Waals surface area contributed by atoms with E-state index in [4.69, 9.17) is 0 Å². The van der Waals surface area contributed by atoms with Gasteiger partial charge < -0.3 is 15.7 Å². The van der Waals surface area contributed by atoms with Crippen molar-refractivity contribution in [2.24, 2.45) is 5.92 Å². The van der Waals surface area contributed by atoms with Crippen molar-refractivity contribution in [2.75, 3.05) is 0 Å². The molecular formula is C15H20N2O3. The Morgan fingerprint density at radius 1 is 1.30 bits per heavy atom. The van der Waals surface area contributed by atoms with Crippen molar-refractivity contribution in [3.63, 3.8) is 0 Å². The van der Waals surface area contributed by atoms with E-state index >= 15 is 0 Å². The van der Waals surface area contributed by atoms with E-state index in [0.29, 0.717) is 5.92 Å². The van der Waals surface area contributed by atoms with Gasteiger partial charge in [-0.2, -0.15) is 0 Å². The molecule has 0 radical (unpaired) electrons. The van der Waals surface area contributed by atoms with Gasteiger partial charge in [0.1, 0.15) is 6.04 Å². The highest BCUT2D eigenvalue weighted by molar-refractivity contribution is 5.82. The molecule has 5 nitrogen and oxygen atoms in total. The highest BCUT2D eigenvalue weighted by atomic mass is 16.4. The summed E-state index contributed by atoms with van der Waals surface area (Å²) in [5, 5.41) is 14.5. The van der Waals surface area contributed by atoms with Crippen LogP contribution in [0, 0.1) is 5.92 Å². The van der Waals surface area contributed by atoms with Crippen molar-refractivity contribution < 1.29 is 14.7 Å². The molecule has 0 unspecified atom stereocenters. The first-order valence-electron chi connectivity index (χ1n) is 6.88. The van der Waals surface area contributed by atoms with E-state index in [2.05, 4.69) is 17.6 Å². The van der Waals surface area contributed by atoms with Crippen molar-refractivity contribution in [3.05, 3.63) is 35.9 Å². The maximum atomic E-state index is 11.8. The number of carbonyl (C=O) groups excluding carboxylic acids is 1. The molecule has 1 fully saturated rings. The molecule has 0 saturated heterocycles. The van der Waals surface area contributed by atoms with Crippen LogP contribution in [0.2, 0.25) is 0 Å². The lowest BCUT2D eigenvalue weighted by molar-refractivity contribution is -0.139. The smallest absolute Gasteiger partial charge is 0.326 e. The van der Waals surface area contributed by atoms with Crippen LogP contribution in [-0.4, -0.2) is 29.2 Å². The number of benzene rings is 1. The predicted octanol–water partition coefficient (Wildman–Crippen LogP) is 1.78. The summed E-state index contributed by atoms with van der Waals surface area (Å²) in [6.45, 7) is 2.13. The highest BCUT2D eigenvalue weighted by Gasteiger charge is 2.28. The van der Waals surface area contributed by atoms with Gasteiger partial charge in [0.15, 0.2) is 0 Å². The predicted molar refractivity (Wildman–Crippen MR) is 75.4 cm³/mol. The lowest BCUT2D eigenvalue weighted by Crippen LogP contribution is -2.52. The van der Waals surface area contributed by atoms with Crippen LogP contribution in [-0.2, 0) is 11.2 Å². The second-order valence-corrected chi connectivity index (χ2v) is 5.47. The molecule has 2 amide bonds. The number of aliphatic carboxylic acids is 1. The van der Waals surface area contributed by atoms with Gasteiger partial charge in [-0.15, -0.1) is 0 Å². The summed E-state index contributed by atoms with van der Waals surface area (Å²) in [6.07, 6.45) is 2.21. The van der Waals surface area contributed by atoms with E-state index in [1.54, 1.807) is 0 Å². The zero-order valence-electron chi connectivity index (χ0n) is 11.5. The summed E-state index contributed by atoms with van der Waals surface area (Å²) in [6, 6.07) is 8.15. The monoisotopic (exact) mass is 276 g/mol. The van der Waals surface area contributed by atoms with Crippen LogP contribution in [0.15, 0.2) is 30.3 Å². The Morgan fingerprint density at radius 3 is 2.50 bits per heavy atom. The molecule has 108 valence electrons. The third kappa shape index (κ3) is 3.98. The maximum absolute atomic E-state index is 11.8. The Kier molecular flexibility index (Phi) is 4.61. The SMILES string of the molecule is CC1CC(NC(=O)N[C@@H](Cc2ccccc2)C(=O)O)C1. The Hall–Kier alpha value is -2.04. The zero-order valence-corrected chi connectivity index (χ0v) is 11.5. The fourth-order valence-electron chi connectivity index (χ4n) is 2.46. The number of amides is 2. The molecule has 0 aromatic heterocycles. The third-order valence-electron chi connectivity index (χ3n) is 3.60. The van der Waals surface area contributed by atoms with Crippen LogP contribution in [0.4, 0.5) is 4.79 Å². The summed E-state index contributed by atoms with van der Waals surface area (Å²) in [4.78, 5) is 23.0. The molecule has 5 heteroatoms. The number of hydrogen-bond donors (Lipinski definition) is 3. The number of carbonyl (C=O) groups is 2. The fraction of sp³-hybridized carbons (Fsp3) is 0.467. The first kappa shape index (κ1) is 14.4. The first-order chi connectivity index (χ1) is 9.54. The van der Waals surface area contributed by atoms with Gasteiger partial charge in [-0.25, -0.2) is 9.59 Å². The van der Waals surface area contributed by atoms with Gasteiger partial charge in [0.25, 0.3) is 0 Å². The lowest BCUT2D eigenvalue weighted by atomic mass is 9.82. The van der Waals surface area contributed by atoms with Gasteiger partial charge in [-0.3, -0.25) is 0 Å². The van der Waals surface area contributed by atoms with Crippen molar-refractivity contribution >= 4 is 12.0 Å². The van der Waals surface area contributed by atoms with E-state index in [0.717, 1.165) is 18.4 Å². The van der Waals surface area contributed by atoms with Gasteiger partial charge in [0.05, 0.1) is 0 Å². The molecule has 0 spiro atoms. The summed E-state index contributed by atoms with van der Waals surface area (Å²) in [5.74, 6) is -0.383. The molecule has 1 atom stereocenters. The Balaban J connectivity index is 1.85. The Bertz CT molecular complexity index is 469. The zero-order chi connectivity index (χ0) is 14.5. The molecule has 1 saturated carbocycles. The standard InChI is InChI=1S/C15H20N2O3/c1-10-7-12(8-10)16-15(20)17-13(14(18)19)9-11-5-3-2-4-6-11/h2-6,10,12-13H,7-9H2,1H3,(H,18,19)(H2,16,17,20)/t10?,12?,13-/m0/s1. The molecule has 0 aliphatic heterocycles. The molecule has 3 N–H and O–H groups in total. The number of urea groups is 1. The van der Waals surface area contributed by atoms with Crippen molar-refractivity contribution in [3.8, 4) is 0 Å². The number of nitrogens with one attached hydrogen (secondary N) is 2. The summed E-state index contributed by atoms with van der Waals surface area (Å²) < 4.78 is 0. The maximum Gasteiger partial charge on any atom is 0.326 e. The second-order valence-electron chi connectivity index (χ2n) is 5.47. The van der Waals surface area contributed by atoms with Crippen LogP contribution in [0.1, 0.15) is 25.3 Å². The van der Waals surface area contributed by atoms with E-state index in [9.17, 15) is 14.7 Å². The topological polar surface area (TPSA) is 78.4 Å². The summed E-state index contributed by atoms with van der Waals surface area (Å²) >= 11 is 0. The van der Waals surface area contributed by atoms with Crippen LogP contribution in [0.3, 0.4) is 0 Å². The van der Waals surface area contributed by atoms with Gasteiger partial charge in [0, 0.05) is 12.5 Å². The van der Waals surface area contributed by atoms with E-state index in [1.165, 1.54) is 0 Å². The minimum Gasteiger partial charge on any atom is -0.480 e. The molecular weight excluding hydrogens is 256 g/mol. The van der Waals surface area contributed by atoms with Gasteiger partial charge >= 0.3 is 12.0 Å². The number of carboxylic acid groups (broad SMARTS) is 1. The van der Waals surface area contributed by atoms with Crippen LogP contribution in [0.5, 0.6) is 0 Å². The third-order valence-corrected chi connectivity index (χ3v) is 3.60. The fourth-order valence-corrected chi connectivity index (χ4v) is 2.46. The number of carboxylic acids is 1. The highest BCUT2D eigenvalue weighted by Crippen LogP contribution is 2.25. The van der Waals surface area contributed by atoms with Gasteiger partial charge in [-0.1, -0.05) is 37.3 Å². The molecule has 1 aliphatic rings. The Labute approximate surface area is 118 Å². The molecule has 1 aliphatic carbocycles. The number of rotatable bonds is 5.